The molecule has 0 spiro atoms. The van der Waals surface area contributed by atoms with Crippen molar-refractivity contribution in [3.63, 3.8) is 0 Å². The number of ketones is 1. The molecule has 2 aromatic carbocycles. The molecule has 152 valence electrons. The van der Waals surface area contributed by atoms with Crippen molar-refractivity contribution in [3.05, 3.63) is 47.5 Å². The molecule has 2 aromatic rings. The lowest BCUT2D eigenvalue weighted by atomic mass is 10.0. The van der Waals surface area contributed by atoms with Gasteiger partial charge in [0, 0.05) is 17.7 Å². The van der Waals surface area contributed by atoms with Crippen LogP contribution in [0.15, 0.2) is 36.4 Å². The van der Waals surface area contributed by atoms with Crippen LogP contribution in [0.25, 0.3) is 0 Å². The van der Waals surface area contributed by atoms with E-state index in [1.807, 2.05) is 24.3 Å². The van der Waals surface area contributed by atoms with E-state index in [-0.39, 0.29) is 31.1 Å². The molecule has 1 atom stereocenters. The zero-order valence-electron chi connectivity index (χ0n) is 16.6. The molecule has 0 aromatic heterocycles. The average molecular weight is 396 g/mol. The molecule has 1 fully saturated rings. The summed E-state index contributed by atoms with van der Waals surface area (Å²) >= 11 is 0. The van der Waals surface area contributed by atoms with Gasteiger partial charge in [-0.3, -0.25) is 14.5 Å². The topological polar surface area (TPSA) is 77.1 Å². The van der Waals surface area contributed by atoms with Crippen molar-refractivity contribution in [2.75, 3.05) is 32.3 Å². The molecule has 2 aliphatic rings. The summed E-state index contributed by atoms with van der Waals surface area (Å²) in [5.41, 5.74) is 2.03. The number of ether oxygens (including phenoxy) is 3. The summed E-state index contributed by atoms with van der Waals surface area (Å²) in [6, 6.07) is 11.4. The van der Waals surface area contributed by atoms with E-state index in [1.54, 1.807) is 19.2 Å². The number of benzene rings is 2. The summed E-state index contributed by atoms with van der Waals surface area (Å²) in [6.45, 7) is 2.68. The van der Waals surface area contributed by atoms with Crippen molar-refractivity contribution in [3.8, 4) is 17.2 Å². The second kappa shape index (κ2) is 8.13. The predicted octanol–water partition coefficient (Wildman–Crippen LogP) is 3.40. The van der Waals surface area contributed by atoms with Crippen LogP contribution in [0.2, 0.25) is 0 Å². The van der Waals surface area contributed by atoms with Gasteiger partial charge in [-0.05, 0) is 50.1 Å². The van der Waals surface area contributed by atoms with Gasteiger partial charge in [0.2, 0.25) is 12.7 Å². The highest BCUT2D eigenvalue weighted by Crippen LogP contribution is 2.37. The number of carbonyl (C=O) groups is 2. The van der Waals surface area contributed by atoms with Gasteiger partial charge in [-0.1, -0.05) is 12.1 Å². The molecule has 7 heteroatoms. The van der Waals surface area contributed by atoms with Gasteiger partial charge in [-0.25, -0.2) is 0 Å². The van der Waals surface area contributed by atoms with Gasteiger partial charge in [0.1, 0.15) is 5.75 Å². The van der Waals surface area contributed by atoms with E-state index in [2.05, 4.69) is 10.2 Å². The van der Waals surface area contributed by atoms with Gasteiger partial charge in [0.15, 0.2) is 17.3 Å². The SMILES string of the molecule is COc1ccc(C2CCCN2CC(=O)Nc2cc3c(cc2C(C)=O)OCO3)cc1. The summed E-state index contributed by atoms with van der Waals surface area (Å²) in [5.74, 6) is 1.56. The van der Waals surface area contributed by atoms with Gasteiger partial charge in [-0.15, -0.1) is 0 Å². The first-order valence-electron chi connectivity index (χ1n) is 9.67. The molecule has 29 heavy (non-hydrogen) atoms. The molecule has 1 N–H and O–H groups in total. The van der Waals surface area contributed by atoms with Crippen LogP contribution in [0.1, 0.15) is 41.7 Å². The van der Waals surface area contributed by atoms with Crippen molar-refractivity contribution in [2.45, 2.75) is 25.8 Å². The molecule has 1 amide bonds. The molecule has 0 aliphatic carbocycles. The van der Waals surface area contributed by atoms with Gasteiger partial charge in [-0.2, -0.15) is 0 Å². The number of anilines is 1. The quantitative estimate of drug-likeness (QED) is 0.754. The Morgan fingerprint density at radius 2 is 1.90 bits per heavy atom. The normalized spacial score (nSPS) is 17.9. The third-order valence-electron chi connectivity index (χ3n) is 5.38. The Kier molecular flexibility index (Phi) is 5.40. The third-order valence-corrected chi connectivity index (χ3v) is 5.38. The minimum Gasteiger partial charge on any atom is -0.497 e. The van der Waals surface area contributed by atoms with Crippen molar-refractivity contribution in [1.82, 2.24) is 4.90 Å². The summed E-state index contributed by atoms with van der Waals surface area (Å²) in [4.78, 5) is 26.9. The zero-order valence-corrected chi connectivity index (χ0v) is 16.6. The summed E-state index contributed by atoms with van der Waals surface area (Å²) in [7, 11) is 1.65. The molecule has 1 saturated heterocycles. The number of amides is 1. The zero-order chi connectivity index (χ0) is 20.4. The lowest BCUT2D eigenvalue weighted by Gasteiger charge is -2.24. The lowest BCUT2D eigenvalue weighted by Crippen LogP contribution is -2.33. The largest absolute Gasteiger partial charge is 0.497 e. The molecule has 7 nitrogen and oxygen atoms in total. The first-order chi connectivity index (χ1) is 14.0. The lowest BCUT2D eigenvalue weighted by molar-refractivity contribution is -0.117. The van der Waals surface area contributed by atoms with Crippen LogP contribution in [0.4, 0.5) is 5.69 Å². The number of carbonyl (C=O) groups excluding carboxylic acids is 2. The molecular weight excluding hydrogens is 372 g/mol. The van der Waals surface area contributed by atoms with Crippen LogP contribution in [0.3, 0.4) is 0 Å². The van der Waals surface area contributed by atoms with Crippen LogP contribution in [0.5, 0.6) is 17.2 Å². The van der Waals surface area contributed by atoms with Gasteiger partial charge < -0.3 is 19.5 Å². The Morgan fingerprint density at radius 1 is 1.17 bits per heavy atom. The standard InChI is InChI=1S/C22H24N2O5/c1-14(25)17-10-20-21(29-13-28-20)11-18(17)23-22(26)12-24-9-3-4-19(24)15-5-7-16(27-2)8-6-15/h5-8,10-11,19H,3-4,9,12-13H2,1-2H3,(H,23,26). The molecule has 4 rings (SSSR count). The molecular formula is C22H24N2O5. The van der Waals surface area contributed by atoms with E-state index in [0.29, 0.717) is 22.7 Å². The molecule has 0 saturated carbocycles. The number of hydrogen-bond acceptors (Lipinski definition) is 6. The van der Waals surface area contributed by atoms with Crippen molar-refractivity contribution < 1.29 is 23.8 Å². The fraction of sp³-hybridized carbons (Fsp3) is 0.364. The summed E-state index contributed by atoms with van der Waals surface area (Å²) < 4.78 is 15.9. The summed E-state index contributed by atoms with van der Waals surface area (Å²) in [6.07, 6.45) is 2.04. The maximum atomic E-state index is 12.8. The number of hydrogen-bond donors (Lipinski definition) is 1. The Labute approximate surface area is 169 Å². The number of nitrogens with one attached hydrogen (secondary N) is 1. The average Bonchev–Trinajstić information content (AvgIpc) is 3.36. The van der Waals surface area contributed by atoms with E-state index >= 15 is 0 Å². The first-order valence-corrected chi connectivity index (χ1v) is 9.67. The van der Waals surface area contributed by atoms with Gasteiger partial charge in [0.25, 0.3) is 0 Å². The minimum absolute atomic E-state index is 0.112. The fourth-order valence-corrected chi connectivity index (χ4v) is 3.93. The van der Waals surface area contributed by atoms with Crippen LogP contribution >= 0.6 is 0 Å². The number of Topliss-reactive ketones (excluding diaryl/α,β-unsaturated/α-hetero) is 1. The van der Waals surface area contributed by atoms with Crippen LogP contribution < -0.4 is 19.5 Å². The van der Waals surface area contributed by atoms with E-state index < -0.39 is 0 Å². The number of methoxy groups -OCH3 is 1. The van der Waals surface area contributed by atoms with E-state index in [9.17, 15) is 9.59 Å². The number of fused-ring (bicyclic) bond motifs is 1. The van der Waals surface area contributed by atoms with E-state index in [1.165, 1.54) is 12.5 Å². The highest BCUT2D eigenvalue weighted by molar-refractivity contribution is 6.05. The Balaban J connectivity index is 1.47. The Hall–Kier alpha value is -3.06. The minimum atomic E-state index is -0.160. The molecule has 0 radical (unpaired) electrons. The Bertz CT molecular complexity index is 926. The van der Waals surface area contributed by atoms with Crippen LogP contribution in [0, 0.1) is 0 Å². The fourth-order valence-electron chi connectivity index (χ4n) is 3.93. The molecule has 2 aliphatic heterocycles. The Morgan fingerprint density at radius 3 is 2.59 bits per heavy atom. The molecule has 0 bridgehead atoms. The maximum absolute atomic E-state index is 12.8. The van der Waals surface area contributed by atoms with E-state index in [4.69, 9.17) is 14.2 Å². The van der Waals surface area contributed by atoms with Crippen molar-refractivity contribution in [1.29, 1.82) is 0 Å². The smallest absolute Gasteiger partial charge is 0.238 e. The van der Waals surface area contributed by atoms with Crippen LogP contribution in [-0.2, 0) is 4.79 Å². The second-order valence-corrected chi connectivity index (χ2v) is 7.26. The third kappa shape index (κ3) is 4.05. The van der Waals surface area contributed by atoms with E-state index in [0.717, 1.165) is 25.1 Å². The van der Waals surface area contributed by atoms with Crippen LogP contribution in [-0.4, -0.2) is 43.6 Å². The molecule has 1 unspecified atom stereocenters. The van der Waals surface area contributed by atoms with Gasteiger partial charge >= 0.3 is 0 Å². The molecule has 2 heterocycles. The van der Waals surface area contributed by atoms with Gasteiger partial charge in [0.05, 0.1) is 19.3 Å². The highest BCUT2D eigenvalue weighted by Gasteiger charge is 2.28. The number of nitrogens with zero attached hydrogens (tertiary/aromatic N) is 1. The number of likely N-dealkylation sites (tertiary alicyclic amines) is 1. The number of rotatable bonds is 6. The predicted molar refractivity (Wildman–Crippen MR) is 108 cm³/mol. The first kappa shape index (κ1) is 19.3. The summed E-state index contributed by atoms with van der Waals surface area (Å²) in [5, 5.41) is 2.88. The second-order valence-electron chi connectivity index (χ2n) is 7.26. The van der Waals surface area contributed by atoms with Crippen molar-refractivity contribution >= 4 is 17.4 Å². The van der Waals surface area contributed by atoms with Crippen molar-refractivity contribution in [2.24, 2.45) is 0 Å². The highest BCUT2D eigenvalue weighted by atomic mass is 16.7. The maximum Gasteiger partial charge on any atom is 0.238 e. The monoisotopic (exact) mass is 396 g/mol.